The molecule has 0 saturated heterocycles. The van der Waals surface area contributed by atoms with E-state index in [4.69, 9.17) is 10.5 Å². The van der Waals surface area contributed by atoms with Gasteiger partial charge in [0.05, 0.1) is 11.0 Å². The van der Waals surface area contributed by atoms with Gasteiger partial charge >= 0.3 is 5.69 Å². The van der Waals surface area contributed by atoms with Crippen LogP contribution in [0.25, 0.3) is 0 Å². The average Bonchev–Trinajstić information content (AvgIpc) is 2.16. The van der Waals surface area contributed by atoms with E-state index in [1.807, 2.05) is 0 Å². The summed E-state index contributed by atoms with van der Waals surface area (Å²) >= 11 is 0. The Labute approximate surface area is 91.6 Å². The quantitative estimate of drug-likeness (QED) is 0.635. The van der Waals surface area contributed by atoms with Gasteiger partial charge < -0.3 is 10.5 Å². The summed E-state index contributed by atoms with van der Waals surface area (Å²) in [5.74, 6) is -0.640. The van der Waals surface area contributed by atoms with E-state index in [0.29, 0.717) is 6.54 Å². The van der Waals surface area contributed by atoms with Crippen molar-refractivity contribution in [1.29, 1.82) is 0 Å². The zero-order valence-electron chi connectivity index (χ0n) is 7.68. The predicted molar refractivity (Wildman–Crippen MR) is 54.9 cm³/mol. The average molecular weight is 237 g/mol. The number of hydrogen-bond acceptors (Lipinski definition) is 4. The van der Waals surface area contributed by atoms with Crippen molar-refractivity contribution in [2.24, 2.45) is 5.73 Å². The number of halogens is 2. The molecule has 0 fully saturated rings. The lowest BCUT2D eigenvalue weighted by atomic mass is 10.3. The molecular weight excluding hydrogens is 227 g/mol. The van der Waals surface area contributed by atoms with Crippen molar-refractivity contribution < 1.29 is 14.1 Å². The molecule has 0 bridgehead atoms. The molecule has 84 valence electrons. The van der Waals surface area contributed by atoms with E-state index < -0.39 is 16.4 Å². The van der Waals surface area contributed by atoms with Gasteiger partial charge in [-0.05, 0) is 12.1 Å². The maximum absolute atomic E-state index is 12.8. The minimum absolute atomic E-state index is 0. The Hall–Kier alpha value is -1.40. The van der Waals surface area contributed by atoms with Gasteiger partial charge in [-0.3, -0.25) is 10.1 Å². The summed E-state index contributed by atoms with van der Waals surface area (Å²) in [6.45, 7) is 0.536. The zero-order valence-corrected chi connectivity index (χ0v) is 8.50. The fourth-order valence-corrected chi connectivity index (χ4v) is 0.899. The number of ether oxygens (including phenoxy) is 1. The van der Waals surface area contributed by atoms with Crippen molar-refractivity contribution in [3.8, 4) is 5.75 Å². The topological polar surface area (TPSA) is 78.4 Å². The molecule has 0 aliphatic carbocycles. The Kier molecular flexibility index (Phi) is 5.58. The van der Waals surface area contributed by atoms with Gasteiger partial charge in [0.1, 0.15) is 12.4 Å². The summed E-state index contributed by atoms with van der Waals surface area (Å²) in [7, 11) is 0. The standard InChI is InChI=1S/C8H9FN2O3.ClH/c9-7-2-1-6(14-4-3-10)5-8(7)11(12)13;/h1-2,5H,3-4,10H2;1H. The third-order valence-electron chi connectivity index (χ3n) is 1.50. The summed E-state index contributed by atoms with van der Waals surface area (Å²) in [4.78, 5) is 9.53. The van der Waals surface area contributed by atoms with Crippen LogP contribution in [0.3, 0.4) is 0 Å². The predicted octanol–water partition coefficient (Wildman–Crippen LogP) is 1.49. The van der Waals surface area contributed by atoms with E-state index in [-0.39, 0.29) is 24.8 Å². The highest BCUT2D eigenvalue weighted by molar-refractivity contribution is 5.85. The summed E-state index contributed by atoms with van der Waals surface area (Å²) < 4.78 is 17.8. The van der Waals surface area contributed by atoms with Crippen LogP contribution in [0.2, 0.25) is 0 Å². The van der Waals surface area contributed by atoms with Gasteiger partial charge in [0, 0.05) is 6.54 Å². The molecule has 7 heteroatoms. The zero-order chi connectivity index (χ0) is 10.6. The van der Waals surface area contributed by atoms with Crippen LogP contribution in [0.4, 0.5) is 10.1 Å². The fraction of sp³-hybridized carbons (Fsp3) is 0.250. The normalized spacial score (nSPS) is 9.20. The van der Waals surface area contributed by atoms with Gasteiger partial charge in [-0.15, -0.1) is 12.4 Å². The Balaban J connectivity index is 0.00000196. The molecule has 0 amide bonds. The van der Waals surface area contributed by atoms with Gasteiger partial charge in [-0.2, -0.15) is 4.39 Å². The Morgan fingerprint density at radius 1 is 1.53 bits per heavy atom. The van der Waals surface area contributed by atoms with Crippen molar-refractivity contribution in [2.75, 3.05) is 13.2 Å². The highest BCUT2D eigenvalue weighted by Gasteiger charge is 2.14. The highest BCUT2D eigenvalue weighted by Crippen LogP contribution is 2.22. The van der Waals surface area contributed by atoms with Gasteiger partial charge in [-0.1, -0.05) is 0 Å². The molecular formula is C8H10ClFN2O3. The van der Waals surface area contributed by atoms with Crippen molar-refractivity contribution >= 4 is 18.1 Å². The van der Waals surface area contributed by atoms with E-state index in [2.05, 4.69) is 0 Å². The number of nitrogens with two attached hydrogens (primary N) is 1. The molecule has 1 rings (SSSR count). The molecule has 0 saturated carbocycles. The van der Waals surface area contributed by atoms with Crippen LogP contribution in [-0.2, 0) is 0 Å². The first-order chi connectivity index (χ1) is 6.65. The number of nitrogens with zero attached hydrogens (tertiary/aromatic N) is 1. The lowest BCUT2D eigenvalue weighted by Gasteiger charge is -2.03. The van der Waals surface area contributed by atoms with E-state index in [1.165, 1.54) is 6.07 Å². The lowest BCUT2D eigenvalue weighted by Crippen LogP contribution is -2.10. The first-order valence-corrected chi connectivity index (χ1v) is 3.92. The Bertz CT molecular complexity index is 349. The second-order valence-electron chi connectivity index (χ2n) is 2.51. The summed E-state index contributed by atoms with van der Waals surface area (Å²) in [6.07, 6.45) is 0. The molecule has 0 aliphatic heterocycles. The van der Waals surface area contributed by atoms with Crippen LogP contribution in [0, 0.1) is 15.9 Å². The first kappa shape index (κ1) is 13.6. The Morgan fingerprint density at radius 2 is 2.20 bits per heavy atom. The Morgan fingerprint density at radius 3 is 2.73 bits per heavy atom. The SMILES string of the molecule is Cl.NCCOc1ccc(F)c([N+](=O)[O-])c1. The molecule has 15 heavy (non-hydrogen) atoms. The monoisotopic (exact) mass is 236 g/mol. The van der Waals surface area contributed by atoms with Crippen LogP contribution in [0.15, 0.2) is 18.2 Å². The highest BCUT2D eigenvalue weighted by atomic mass is 35.5. The van der Waals surface area contributed by atoms with Crippen molar-refractivity contribution in [3.63, 3.8) is 0 Å². The van der Waals surface area contributed by atoms with E-state index >= 15 is 0 Å². The van der Waals surface area contributed by atoms with Crippen molar-refractivity contribution in [2.45, 2.75) is 0 Å². The van der Waals surface area contributed by atoms with Crippen LogP contribution in [-0.4, -0.2) is 18.1 Å². The van der Waals surface area contributed by atoms with Crippen LogP contribution in [0.5, 0.6) is 5.75 Å². The number of nitro groups is 1. The maximum atomic E-state index is 12.8. The molecule has 0 radical (unpaired) electrons. The second kappa shape index (κ2) is 6.15. The molecule has 2 N–H and O–H groups in total. The molecule has 0 unspecified atom stereocenters. The number of benzene rings is 1. The van der Waals surface area contributed by atoms with Crippen molar-refractivity contribution in [1.82, 2.24) is 0 Å². The molecule has 1 aromatic carbocycles. The van der Waals surface area contributed by atoms with E-state index in [0.717, 1.165) is 12.1 Å². The molecule has 0 heterocycles. The lowest BCUT2D eigenvalue weighted by molar-refractivity contribution is -0.387. The molecule has 0 spiro atoms. The van der Waals surface area contributed by atoms with Crippen LogP contribution in [0.1, 0.15) is 0 Å². The van der Waals surface area contributed by atoms with E-state index in [1.54, 1.807) is 0 Å². The van der Waals surface area contributed by atoms with Gasteiger partial charge in [0.15, 0.2) is 0 Å². The van der Waals surface area contributed by atoms with Gasteiger partial charge in [0.25, 0.3) is 0 Å². The summed E-state index contributed by atoms with van der Waals surface area (Å²) in [5, 5.41) is 10.3. The minimum Gasteiger partial charge on any atom is -0.492 e. The maximum Gasteiger partial charge on any atom is 0.308 e. The first-order valence-electron chi connectivity index (χ1n) is 3.92. The molecule has 1 aromatic rings. The minimum atomic E-state index is -0.880. The molecule has 0 aliphatic rings. The van der Waals surface area contributed by atoms with Gasteiger partial charge in [-0.25, -0.2) is 0 Å². The van der Waals surface area contributed by atoms with Gasteiger partial charge in [0.2, 0.25) is 5.82 Å². The van der Waals surface area contributed by atoms with E-state index in [9.17, 15) is 14.5 Å². The summed E-state index contributed by atoms with van der Waals surface area (Å²) in [5.41, 5.74) is 4.57. The number of nitro benzene ring substituents is 1. The van der Waals surface area contributed by atoms with Crippen molar-refractivity contribution in [3.05, 3.63) is 34.1 Å². The van der Waals surface area contributed by atoms with Crippen LogP contribution < -0.4 is 10.5 Å². The largest absolute Gasteiger partial charge is 0.492 e. The molecule has 0 atom stereocenters. The second-order valence-corrected chi connectivity index (χ2v) is 2.51. The van der Waals surface area contributed by atoms with Crippen LogP contribution >= 0.6 is 12.4 Å². The number of rotatable bonds is 4. The number of hydrogen-bond donors (Lipinski definition) is 1. The molecule has 5 nitrogen and oxygen atoms in total. The fourth-order valence-electron chi connectivity index (χ4n) is 0.899. The summed E-state index contributed by atoms with van der Waals surface area (Å²) in [6, 6.07) is 3.34. The molecule has 0 aromatic heterocycles. The third kappa shape index (κ3) is 3.69. The third-order valence-corrected chi connectivity index (χ3v) is 1.50. The smallest absolute Gasteiger partial charge is 0.308 e.